The molecule has 1 unspecified atom stereocenters. The summed E-state index contributed by atoms with van der Waals surface area (Å²) in [6, 6.07) is 9.80. The van der Waals surface area contributed by atoms with Crippen LogP contribution in [-0.2, 0) is 11.2 Å². The van der Waals surface area contributed by atoms with E-state index >= 15 is 0 Å². The third-order valence-corrected chi connectivity index (χ3v) is 8.84. The fourth-order valence-electron chi connectivity index (χ4n) is 5.57. The fourth-order valence-corrected chi connectivity index (χ4v) is 6.27. The van der Waals surface area contributed by atoms with Gasteiger partial charge in [-0.2, -0.15) is 0 Å². The number of rotatable bonds is 17. The van der Waals surface area contributed by atoms with E-state index in [-0.39, 0.29) is 23.8 Å². The van der Waals surface area contributed by atoms with Crippen molar-refractivity contribution in [2.24, 2.45) is 5.92 Å². The Balaban J connectivity index is 1.76. The molecular weight excluding hydrogens is 530 g/mol. The Kier molecular flexibility index (Phi) is 12.9. The number of carbonyl (C=O) groups is 2. The van der Waals surface area contributed by atoms with E-state index in [1.54, 1.807) is 11.3 Å². The van der Waals surface area contributed by atoms with Gasteiger partial charge in [-0.15, -0.1) is 11.3 Å². The largest absolute Gasteiger partial charge is 0.352 e. The number of fused-ring (bicyclic) bond motifs is 1. The summed E-state index contributed by atoms with van der Waals surface area (Å²) in [4.78, 5) is 35.4. The molecule has 0 aliphatic heterocycles. The molecule has 0 aliphatic carbocycles. The maximum Gasteiger partial charge on any atom is 0.252 e. The molecule has 3 aromatic rings. The lowest BCUT2D eigenvalue weighted by Gasteiger charge is -2.24. The Morgan fingerprint density at radius 2 is 1.76 bits per heavy atom. The van der Waals surface area contributed by atoms with Gasteiger partial charge in [-0.05, 0) is 94.2 Å². The van der Waals surface area contributed by atoms with Crippen molar-refractivity contribution in [3.8, 4) is 0 Å². The Hall–Kier alpha value is -2.71. The Labute approximate surface area is 251 Å². The average Bonchev–Trinajstić information content (AvgIpc) is 3.59. The highest BCUT2D eigenvalue weighted by Gasteiger charge is 2.25. The molecule has 0 saturated heterocycles. The van der Waals surface area contributed by atoms with Crippen LogP contribution < -0.4 is 10.6 Å². The van der Waals surface area contributed by atoms with E-state index in [0.29, 0.717) is 18.0 Å². The first kappa shape index (κ1) is 32.8. The number of hydrogen-bond acceptors (Lipinski definition) is 5. The minimum absolute atomic E-state index is 0.0526. The number of imidazole rings is 1. The molecule has 3 rings (SSSR count). The predicted molar refractivity (Wildman–Crippen MR) is 172 cm³/mol. The number of carbonyl (C=O) groups excluding carboxylic acids is 2. The molecule has 0 saturated carbocycles. The number of benzene rings is 1. The van der Waals surface area contributed by atoms with Gasteiger partial charge in [0.05, 0.1) is 11.0 Å². The number of amides is 2. The Bertz CT molecular complexity index is 1230. The van der Waals surface area contributed by atoms with Crippen LogP contribution in [0.5, 0.6) is 0 Å². The summed E-state index contributed by atoms with van der Waals surface area (Å²) in [5, 5.41) is 8.29. The molecule has 226 valence electrons. The Morgan fingerprint density at radius 3 is 2.37 bits per heavy atom. The summed E-state index contributed by atoms with van der Waals surface area (Å²) in [6.45, 7) is 18.1. The van der Waals surface area contributed by atoms with E-state index in [0.717, 1.165) is 68.6 Å². The molecule has 41 heavy (non-hydrogen) atoms. The first-order valence-corrected chi connectivity index (χ1v) is 16.4. The van der Waals surface area contributed by atoms with Crippen molar-refractivity contribution in [1.82, 2.24) is 25.1 Å². The molecule has 0 radical (unpaired) electrons. The number of nitrogens with zero attached hydrogens (tertiary/aromatic N) is 3. The van der Waals surface area contributed by atoms with Crippen LogP contribution in [0.3, 0.4) is 0 Å². The van der Waals surface area contributed by atoms with Crippen LogP contribution in [-0.4, -0.2) is 58.0 Å². The molecule has 2 aromatic heterocycles. The van der Waals surface area contributed by atoms with E-state index in [4.69, 9.17) is 4.98 Å². The summed E-state index contributed by atoms with van der Waals surface area (Å²) in [5.41, 5.74) is 2.41. The smallest absolute Gasteiger partial charge is 0.252 e. The predicted octanol–water partition coefficient (Wildman–Crippen LogP) is 6.82. The minimum atomic E-state index is -0.583. The van der Waals surface area contributed by atoms with E-state index in [1.807, 2.05) is 25.1 Å². The van der Waals surface area contributed by atoms with Crippen molar-refractivity contribution in [1.29, 1.82) is 0 Å². The number of nitrogens with one attached hydrogen (secondary N) is 2. The van der Waals surface area contributed by atoms with E-state index in [1.165, 1.54) is 4.88 Å². The van der Waals surface area contributed by atoms with Gasteiger partial charge in [-0.25, -0.2) is 4.98 Å². The van der Waals surface area contributed by atoms with Crippen molar-refractivity contribution < 1.29 is 9.59 Å². The lowest BCUT2D eigenvalue weighted by molar-refractivity contribution is -0.124. The zero-order chi connectivity index (χ0) is 29.9. The van der Waals surface area contributed by atoms with Crippen LogP contribution >= 0.6 is 11.3 Å². The van der Waals surface area contributed by atoms with Gasteiger partial charge in [-0.1, -0.05) is 47.6 Å². The third-order valence-electron chi connectivity index (χ3n) is 7.97. The average molecular weight is 582 g/mol. The second kappa shape index (κ2) is 16.1. The zero-order valence-electron chi connectivity index (χ0n) is 26.2. The highest BCUT2D eigenvalue weighted by Crippen LogP contribution is 2.28. The van der Waals surface area contributed by atoms with E-state index < -0.39 is 6.04 Å². The van der Waals surface area contributed by atoms with Gasteiger partial charge >= 0.3 is 0 Å². The molecule has 2 N–H and O–H groups in total. The van der Waals surface area contributed by atoms with Crippen molar-refractivity contribution >= 4 is 34.2 Å². The standard InChI is InChI=1S/C33H51N5O2S/c1-8-26(9-2)38-30-17-16-25(21-28(30)35-31(38)22-27-15-13-19-41-27)32(39)36-29(20-23(5)6)33(40)34-24(7)14-12-18-37(10-3)11-4/h13,15-17,19,21,23-24,26,29H,8-12,14,18,20,22H2,1-7H3,(H,34,40)(H,36,39)/t24?,29-/m0/s1. The maximum atomic E-state index is 13.4. The monoisotopic (exact) mass is 581 g/mol. The van der Waals surface area contributed by atoms with Crippen LogP contribution in [0.4, 0.5) is 0 Å². The summed E-state index contributed by atoms with van der Waals surface area (Å²) in [7, 11) is 0. The van der Waals surface area contributed by atoms with Crippen LogP contribution in [0.15, 0.2) is 35.7 Å². The first-order valence-electron chi connectivity index (χ1n) is 15.6. The topological polar surface area (TPSA) is 79.3 Å². The fraction of sp³-hybridized carbons (Fsp3) is 0.606. The second-order valence-electron chi connectivity index (χ2n) is 11.6. The van der Waals surface area contributed by atoms with E-state index in [9.17, 15) is 9.59 Å². The van der Waals surface area contributed by atoms with Crippen molar-refractivity contribution in [2.45, 2.75) is 105 Å². The summed E-state index contributed by atoms with van der Waals surface area (Å²) < 4.78 is 2.35. The van der Waals surface area contributed by atoms with Gasteiger partial charge < -0.3 is 20.1 Å². The van der Waals surface area contributed by atoms with Crippen LogP contribution in [0, 0.1) is 5.92 Å². The van der Waals surface area contributed by atoms with E-state index in [2.05, 4.69) is 79.2 Å². The molecule has 1 aromatic carbocycles. The highest BCUT2D eigenvalue weighted by molar-refractivity contribution is 7.09. The molecule has 2 atom stereocenters. The van der Waals surface area contributed by atoms with Gasteiger partial charge in [0, 0.05) is 28.9 Å². The SMILES string of the molecule is CCC(CC)n1c(Cc2cccs2)nc2cc(C(=O)N[C@@H](CC(C)C)C(=O)NC(C)CCCN(CC)CC)ccc21. The van der Waals surface area contributed by atoms with Crippen molar-refractivity contribution in [3.05, 3.63) is 52.0 Å². The molecule has 0 fully saturated rings. The molecule has 0 aliphatic rings. The van der Waals surface area contributed by atoms with Gasteiger partial charge in [0.25, 0.3) is 5.91 Å². The van der Waals surface area contributed by atoms with Gasteiger partial charge in [0.1, 0.15) is 11.9 Å². The number of aromatic nitrogens is 2. The lowest BCUT2D eigenvalue weighted by atomic mass is 10.0. The molecule has 0 spiro atoms. The highest BCUT2D eigenvalue weighted by atomic mass is 32.1. The van der Waals surface area contributed by atoms with Gasteiger partial charge in [0.15, 0.2) is 0 Å². The summed E-state index contributed by atoms with van der Waals surface area (Å²) >= 11 is 1.74. The number of hydrogen-bond donors (Lipinski definition) is 2. The molecular formula is C33H51N5O2S. The molecule has 2 amide bonds. The van der Waals surface area contributed by atoms with Crippen LogP contribution in [0.2, 0.25) is 0 Å². The summed E-state index contributed by atoms with van der Waals surface area (Å²) in [5.74, 6) is 0.946. The van der Waals surface area contributed by atoms with Crippen molar-refractivity contribution in [3.63, 3.8) is 0 Å². The van der Waals surface area contributed by atoms with Gasteiger partial charge in [0.2, 0.25) is 5.91 Å². The summed E-state index contributed by atoms with van der Waals surface area (Å²) in [6.07, 6.45) is 5.33. The quantitative estimate of drug-likeness (QED) is 0.183. The normalized spacial score (nSPS) is 13.3. The van der Waals surface area contributed by atoms with Crippen LogP contribution in [0.25, 0.3) is 11.0 Å². The first-order chi connectivity index (χ1) is 19.7. The minimum Gasteiger partial charge on any atom is -0.352 e. The van der Waals surface area contributed by atoms with Gasteiger partial charge in [-0.3, -0.25) is 9.59 Å². The lowest BCUT2D eigenvalue weighted by Crippen LogP contribution is -2.49. The molecule has 0 bridgehead atoms. The molecule has 2 heterocycles. The third kappa shape index (κ3) is 9.14. The second-order valence-corrected chi connectivity index (χ2v) is 12.6. The Morgan fingerprint density at radius 1 is 1.02 bits per heavy atom. The number of thiophene rings is 1. The molecule has 8 heteroatoms. The van der Waals surface area contributed by atoms with Crippen molar-refractivity contribution in [2.75, 3.05) is 19.6 Å². The zero-order valence-corrected chi connectivity index (χ0v) is 27.0. The maximum absolute atomic E-state index is 13.4. The van der Waals surface area contributed by atoms with Crippen LogP contribution in [0.1, 0.15) is 108 Å². The molecule has 7 nitrogen and oxygen atoms in total.